The van der Waals surface area contributed by atoms with Crippen LogP contribution < -0.4 is 5.32 Å². The molecule has 2 rings (SSSR count). The second-order valence-electron chi connectivity index (χ2n) is 7.98. The van der Waals surface area contributed by atoms with Crippen LogP contribution in [0.1, 0.15) is 26.3 Å². The molecule has 0 atom stereocenters. The van der Waals surface area contributed by atoms with Gasteiger partial charge in [0.1, 0.15) is 5.60 Å². The van der Waals surface area contributed by atoms with Crippen molar-refractivity contribution in [1.29, 1.82) is 0 Å². The quantitative estimate of drug-likeness (QED) is 0.656. The van der Waals surface area contributed by atoms with Gasteiger partial charge >= 0.3 is 6.09 Å². The minimum absolute atomic E-state index is 0.173. The van der Waals surface area contributed by atoms with Crippen LogP contribution in [0.4, 0.5) is 4.79 Å². The Balaban J connectivity index is 1.55. The Morgan fingerprint density at radius 1 is 1.14 bits per heavy atom. The van der Waals surface area contributed by atoms with Crippen LogP contribution in [0.25, 0.3) is 6.08 Å². The molecule has 0 aromatic heterocycles. The van der Waals surface area contributed by atoms with E-state index in [-0.39, 0.29) is 5.91 Å². The first-order valence-corrected chi connectivity index (χ1v) is 11.3. The molecule has 29 heavy (non-hydrogen) atoms. The van der Waals surface area contributed by atoms with E-state index in [1.54, 1.807) is 11.8 Å². The lowest BCUT2D eigenvalue weighted by molar-refractivity contribution is -0.129. The monoisotopic (exact) mass is 419 g/mol. The van der Waals surface area contributed by atoms with Gasteiger partial charge in [-0.25, -0.2) is 4.79 Å². The van der Waals surface area contributed by atoms with Crippen molar-refractivity contribution in [3.63, 3.8) is 0 Å². The summed E-state index contributed by atoms with van der Waals surface area (Å²) < 4.78 is 5.18. The fraction of sp³-hybridized carbons (Fsp3) is 0.545. The van der Waals surface area contributed by atoms with Gasteiger partial charge in [-0.15, -0.1) is 0 Å². The van der Waals surface area contributed by atoms with Crippen LogP contribution in [0.5, 0.6) is 0 Å². The minimum atomic E-state index is -0.493. The van der Waals surface area contributed by atoms with E-state index >= 15 is 0 Å². The molecular weight excluding hydrogens is 386 g/mol. The second-order valence-corrected chi connectivity index (χ2v) is 9.08. The maximum Gasteiger partial charge on any atom is 0.407 e. The summed E-state index contributed by atoms with van der Waals surface area (Å²) >= 11 is 1.54. The number of hydrogen-bond acceptors (Lipinski definition) is 5. The summed E-state index contributed by atoms with van der Waals surface area (Å²) in [5.74, 6) is 1.31. The maximum absolute atomic E-state index is 12.3. The van der Waals surface area contributed by atoms with Gasteiger partial charge in [0.15, 0.2) is 0 Å². The zero-order valence-corrected chi connectivity index (χ0v) is 18.5. The SMILES string of the molecule is CC(C)(C)OC(=O)NCCSCC(=O)N1CCN(C/C=C/c2ccccc2)CC1. The highest BCUT2D eigenvalue weighted by Gasteiger charge is 2.20. The molecule has 1 heterocycles. The molecule has 1 saturated heterocycles. The first kappa shape index (κ1) is 23.3. The van der Waals surface area contributed by atoms with Crippen molar-refractivity contribution in [2.24, 2.45) is 0 Å². The van der Waals surface area contributed by atoms with Crippen molar-refractivity contribution < 1.29 is 14.3 Å². The number of carbonyl (C=O) groups is 2. The van der Waals surface area contributed by atoms with Crippen molar-refractivity contribution >= 4 is 29.8 Å². The van der Waals surface area contributed by atoms with E-state index in [1.807, 2.05) is 43.9 Å². The lowest BCUT2D eigenvalue weighted by Crippen LogP contribution is -2.49. The normalized spacial score (nSPS) is 15.5. The Bertz CT molecular complexity index is 666. The molecule has 1 aromatic rings. The van der Waals surface area contributed by atoms with Crippen LogP contribution in [0, 0.1) is 0 Å². The van der Waals surface area contributed by atoms with Gasteiger partial charge in [0.25, 0.3) is 0 Å². The van der Waals surface area contributed by atoms with Gasteiger partial charge in [0.05, 0.1) is 5.75 Å². The van der Waals surface area contributed by atoms with Crippen LogP contribution >= 0.6 is 11.8 Å². The zero-order valence-electron chi connectivity index (χ0n) is 17.7. The number of nitrogens with zero attached hydrogens (tertiary/aromatic N) is 2. The second kappa shape index (κ2) is 11.9. The van der Waals surface area contributed by atoms with Gasteiger partial charge < -0.3 is 15.0 Å². The molecule has 0 spiro atoms. The third kappa shape index (κ3) is 9.85. The van der Waals surface area contributed by atoms with E-state index in [0.29, 0.717) is 18.1 Å². The summed E-state index contributed by atoms with van der Waals surface area (Å²) in [7, 11) is 0. The number of amides is 2. The largest absolute Gasteiger partial charge is 0.444 e. The summed E-state index contributed by atoms with van der Waals surface area (Å²) in [5.41, 5.74) is 0.714. The average molecular weight is 420 g/mol. The minimum Gasteiger partial charge on any atom is -0.444 e. The van der Waals surface area contributed by atoms with Crippen LogP contribution in [-0.2, 0) is 9.53 Å². The van der Waals surface area contributed by atoms with Crippen LogP contribution in [0.2, 0.25) is 0 Å². The number of benzene rings is 1. The highest BCUT2D eigenvalue weighted by molar-refractivity contribution is 7.99. The van der Waals surface area contributed by atoms with E-state index in [9.17, 15) is 9.59 Å². The van der Waals surface area contributed by atoms with E-state index < -0.39 is 11.7 Å². The predicted molar refractivity (Wildman–Crippen MR) is 120 cm³/mol. The molecule has 1 fully saturated rings. The Labute approximate surface area is 178 Å². The number of alkyl carbamates (subject to hydrolysis) is 1. The summed E-state index contributed by atoms with van der Waals surface area (Å²) in [5, 5.41) is 2.71. The molecule has 6 nitrogen and oxygen atoms in total. The molecule has 0 saturated carbocycles. The topological polar surface area (TPSA) is 61.9 Å². The molecule has 0 bridgehead atoms. The highest BCUT2D eigenvalue weighted by Crippen LogP contribution is 2.09. The van der Waals surface area contributed by atoms with Gasteiger partial charge in [-0.2, -0.15) is 11.8 Å². The van der Waals surface area contributed by atoms with Gasteiger partial charge in [0.2, 0.25) is 5.91 Å². The Hall–Kier alpha value is -1.99. The Kier molecular flexibility index (Phi) is 9.54. The van der Waals surface area contributed by atoms with Crippen LogP contribution in [0.3, 0.4) is 0 Å². The van der Waals surface area contributed by atoms with Gasteiger partial charge in [-0.1, -0.05) is 42.5 Å². The van der Waals surface area contributed by atoms with Crippen LogP contribution in [0.15, 0.2) is 36.4 Å². The predicted octanol–water partition coefficient (Wildman–Crippen LogP) is 3.10. The van der Waals surface area contributed by atoms with Crippen LogP contribution in [-0.4, -0.2) is 78.2 Å². The lowest BCUT2D eigenvalue weighted by atomic mass is 10.2. The van der Waals surface area contributed by atoms with E-state index in [0.717, 1.165) is 32.7 Å². The van der Waals surface area contributed by atoms with E-state index in [4.69, 9.17) is 4.74 Å². The van der Waals surface area contributed by atoms with Crippen molar-refractivity contribution in [2.75, 3.05) is 50.8 Å². The molecule has 0 aliphatic carbocycles. The third-order valence-corrected chi connectivity index (χ3v) is 5.28. The van der Waals surface area contributed by atoms with E-state index in [1.165, 1.54) is 5.56 Å². The molecule has 160 valence electrons. The number of carbonyl (C=O) groups excluding carboxylic acids is 2. The molecule has 2 amide bonds. The lowest BCUT2D eigenvalue weighted by Gasteiger charge is -2.34. The fourth-order valence-electron chi connectivity index (χ4n) is 2.87. The summed E-state index contributed by atoms with van der Waals surface area (Å²) in [6.45, 7) is 10.2. The highest BCUT2D eigenvalue weighted by atomic mass is 32.2. The smallest absolute Gasteiger partial charge is 0.407 e. The molecule has 1 N–H and O–H groups in total. The van der Waals surface area contributed by atoms with Crippen molar-refractivity contribution in [3.05, 3.63) is 42.0 Å². The van der Waals surface area contributed by atoms with Gasteiger partial charge in [-0.05, 0) is 26.3 Å². The molecule has 7 heteroatoms. The fourth-order valence-corrected chi connectivity index (χ4v) is 3.62. The molecule has 0 unspecified atom stereocenters. The third-order valence-electron chi connectivity index (χ3n) is 4.34. The molecule has 0 radical (unpaired) electrons. The molecule has 1 aliphatic rings. The number of rotatable bonds is 8. The first-order chi connectivity index (χ1) is 13.8. The van der Waals surface area contributed by atoms with Crippen molar-refractivity contribution in [2.45, 2.75) is 26.4 Å². The molecule has 1 aromatic carbocycles. The maximum atomic E-state index is 12.3. The number of nitrogens with one attached hydrogen (secondary N) is 1. The Morgan fingerprint density at radius 2 is 1.83 bits per heavy atom. The standard InChI is InChI=1S/C22H33N3O3S/c1-22(2,3)28-21(27)23-11-17-29-18-20(26)25-15-13-24(14-16-25)12-7-10-19-8-5-4-6-9-19/h4-10H,11-18H2,1-3H3,(H,23,27)/b10-7+. The Morgan fingerprint density at radius 3 is 2.48 bits per heavy atom. The van der Waals surface area contributed by atoms with Gasteiger partial charge in [-0.3, -0.25) is 9.69 Å². The first-order valence-electron chi connectivity index (χ1n) is 10.1. The molecule has 1 aliphatic heterocycles. The number of hydrogen-bond donors (Lipinski definition) is 1. The summed E-state index contributed by atoms with van der Waals surface area (Å²) in [6, 6.07) is 10.3. The van der Waals surface area contributed by atoms with Crippen molar-refractivity contribution in [1.82, 2.24) is 15.1 Å². The van der Waals surface area contributed by atoms with Crippen molar-refractivity contribution in [3.8, 4) is 0 Å². The van der Waals surface area contributed by atoms with Gasteiger partial charge in [0, 0.05) is 45.0 Å². The number of ether oxygens (including phenoxy) is 1. The summed E-state index contributed by atoms with van der Waals surface area (Å²) in [6.07, 6.45) is 3.90. The average Bonchev–Trinajstić information content (AvgIpc) is 2.67. The number of thioether (sulfide) groups is 1. The number of piperazine rings is 1. The zero-order chi connectivity index (χ0) is 21.1. The molecular formula is C22H33N3O3S. The van der Waals surface area contributed by atoms with E-state index in [2.05, 4.69) is 34.5 Å². The summed E-state index contributed by atoms with van der Waals surface area (Å²) in [4.78, 5) is 28.2.